The van der Waals surface area contributed by atoms with E-state index < -0.39 is 31.1 Å². The number of fused-ring (bicyclic) bond motifs is 1. The average Bonchev–Trinajstić information content (AvgIpc) is 3.59. The van der Waals surface area contributed by atoms with E-state index in [1.807, 2.05) is 0 Å². The third kappa shape index (κ3) is 12.1. The standard InChI is InChI=1S/C33H60N6O5/c1-2-3-17-20-26(21-18-15-13-11-9-7-5-4-6-8-10-12-14-16-19-22-34)44-38-31-28-32(36-24-35-31)39(25-37-28)33-30(42)29(41)27(23-40)43-33/h24-27,29-30,33,40-42H,2-23,34H2,1H3,(H,35,36,38)/t26?,27-,29-,30-,33-/m1/s1. The van der Waals surface area contributed by atoms with Gasteiger partial charge < -0.3 is 25.8 Å². The molecule has 5 atom stereocenters. The first-order valence-corrected chi connectivity index (χ1v) is 17.5. The highest BCUT2D eigenvalue weighted by molar-refractivity contribution is 5.82. The Morgan fingerprint density at radius 3 is 1.93 bits per heavy atom. The van der Waals surface area contributed by atoms with E-state index in [0.29, 0.717) is 17.0 Å². The van der Waals surface area contributed by atoms with Crippen molar-refractivity contribution in [2.24, 2.45) is 5.73 Å². The summed E-state index contributed by atoms with van der Waals surface area (Å²) in [4.78, 5) is 19.3. The zero-order valence-corrected chi connectivity index (χ0v) is 27.1. The molecule has 252 valence electrons. The molecule has 0 aromatic carbocycles. The van der Waals surface area contributed by atoms with Gasteiger partial charge in [0.15, 0.2) is 23.2 Å². The Kier molecular flexibility index (Phi) is 18.1. The smallest absolute Gasteiger partial charge is 0.181 e. The van der Waals surface area contributed by atoms with Crippen molar-refractivity contribution in [3.63, 3.8) is 0 Å². The van der Waals surface area contributed by atoms with Gasteiger partial charge in [0.25, 0.3) is 0 Å². The second-order valence-corrected chi connectivity index (χ2v) is 12.5. The van der Waals surface area contributed by atoms with Crippen molar-refractivity contribution >= 4 is 17.0 Å². The molecular formula is C33H60N6O5. The number of imidazole rings is 1. The number of ether oxygens (including phenoxy) is 1. The zero-order valence-electron chi connectivity index (χ0n) is 27.1. The van der Waals surface area contributed by atoms with Gasteiger partial charge >= 0.3 is 0 Å². The van der Waals surface area contributed by atoms with Gasteiger partial charge in [0.2, 0.25) is 0 Å². The predicted molar refractivity (Wildman–Crippen MR) is 174 cm³/mol. The lowest BCUT2D eigenvalue weighted by molar-refractivity contribution is -0.0511. The molecule has 0 amide bonds. The van der Waals surface area contributed by atoms with Gasteiger partial charge in [-0.1, -0.05) is 116 Å². The molecule has 2 aromatic heterocycles. The topological polar surface area (TPSA) is 161 Å². The Bertz CT molecular complexity index is 1010. The van der Waals surface area contributed by atoms with Crippen LogP contribution < -0.4 is 11.2 Å². The van der Waals surface area contributed by atoms with E-state index in [2.05, 4.69) is 27.4 Å². The van der Waals surface area contributed by atoms with Crippen molar-refractivity contribution < 1.29 is 24.9 Å². The number of nitrogens with one attached hydrogen (secondary N) is 1. The van der Waals surface area contributed by atoms with Crippen LogP contribution in [0.25, 0.3) is 11.2 Å². The maximum absolute atomic E-state index is 10.5. The highest BCUT2D eigenvalue weighted by Gasteiger charge is 2.44. The quantitative estimate of drug-likeness (QED) is 0.0630. The Labute approximate surface area is 264 Å². The molecule has 0 saturated carbocycles. The summed E-state index contributed by atoms with van der Waals surface area (Å²) < 4.78 is 7.21. The summed E-state index contributed by atoms with van der Waals surface area (Å²) in [5.74, 6) is 0.448. The number of aromatic nitrogens is 4. The number of nitrogens with zero attached hydrogens (tertiary/aromatic N) is 4. The van der Waals surface area contributed by atoms with Gasteiger partial charge in [-0.2, -0.15) is 0 Å². The second-order valence-electron chi connectivity index (χ2n) is 12.5. The normalized spacial score (nSPS) is 20.9. The zero-order chi connectivity index (χ0) is 31.4. The van der Waals surface area contributed by atoms with Crippen LogP contribution in [-0.2, 0) is 9.57 Å². The number of aliphatic hydroxyl groups is 3. The van der Waals surface area contributed by atoms with Crippen molar-refractivity contribution in [1.29, 1.82) is 0 Å². The van der Waals surface area contributed by atoms with Crippen molar-refractivity contribution in [2.45, 2.75) is 166 Å². The fraction of sp³-hybridized carbons (Fsp3) is 0.848. The molecule has 2 aromatic rings. The first-order valence-electron chi connectivity index (χ1n) is 17.5. The van der Waals surface area contributed by atoms with Crippen molar-refractivity contribution in [3.8, 4) is 0 Å². The minimum atomic E-state index is -1.22. The largest absolute Gasteiger partial charge is 0.394 e. The van der Waals surface area contributed by atoms with Gasteiger partial charge in [0, 0.05) is 0 Å². The highest BCUT2D eigenvalue weighted by atomic mass is 16.7. The van der Waals surface area contributed by atoms with E-state index in [-0.39, 0.29) is 6.10 Å². The van der Waals surface area contributed by atoms with Crippen molar-refractivity contribution in [1.82, 2.24) is 19.5 Å². The SMILES string of the molecule is CCCCCC(CCCCCCCCCCCCCCCCCN)ONc1ncnc2c1ncn2[C@@H]1O[C@H](CO)[C@@H](O)[C@H]1O. The van der Waals surface area contributed by atoms with E-state index in [0.717, 1.165) is 32.2 Å². The van der Waals surface area contributed by atoms with Gasteiger partial charge in [-0.25, -0.2) is 20.4 Å². The number of rotatable bonds is 26. The fourth-order valence-electron chi connectivity index (χ4n) is 6.06. The number of hydrogen-bond donors (Lipinski definition) is 5. The van der Waals surface area contributed by atoms with Gasteiger partial charge in [-0.3, -0.25) is 9.40 Å². The van der Waals surface area contributed by atoms with Gasteiger partial charge in [-0.15, -0.1) is 0 Å². The van der Waals surface area contributed by atoms with Crippen LogP contribution in [0.1, 0.15) is 142 Å². The van der Waals surface area contributed by atoms with Crippen molar-refractivity contribution in [2.75, 3.05) is 18.6 Å². The number of anilines is 1. The third-order valence-electron chi connectivity index (χ3n) is 8.83. The maximum atomic E-state index is 10.5. The molecule has 0 aliphatic carbocycles. The molecule has 11 nitrogen and oxygen atoms in total. The number of aliphatic hydroxyl groups excluding tert-OH is 3. The first kappa shape index (κ1) is 36.6. The summed E-state index contributed by atoms with van der Waals surface area (Å²) in [6.07, 6.45) is 24.0. The Balaban J connectivity index is 1.34. The van der Waals surface area contributed by atoms with Crippen LogP contribution in [-0.4, -0.2) is 72.4 Å². The van der Waals surface area contributed by atoms with E-state index >= 15 is 0 Å². The molecule has 1 aliphatic heterocycles. The Morgan fingerprint density at radius 2 is 1.39 bits per heavy atom. The monoisotopic (exact) mass is 620 g/mol. The van der Waals surface area contributed by atoms with E-state index in [4.69, 9.17) is 15.3 Å². The fourth-order valence-corrected chi connectivity index (χ4v) is 6.06. The second kappa shape index (κ2) is 21.8. The molecule has 1 aliphatic rings. The summed E-state index contributed by atoms with van der Waals surface area (Å²) in [5, 5.41) is 30.1. The lowest BCUT2D eigenvalue weighted by Crippen LogP contribution is -2.33. The molecule has 3 heterocycles. The predicted octanol–water partition coefficient (Wildman–Crippen LogP) is 5.93. The summed E-state index contributed by atoms with van der Waals surface area (Å²) >= 11 is 0. The highest BCUT2D eigenvalue weighted by Crippen LogP contribution is 2.32. The average molecular weight is 621 g/mol. The van der Waals surface area contributed by atoms with Crippen LogP contribution in [0, 0.1) is 0 Å². The molecule has 1 saturated heterocycles. The van der Waals surface area contributed by atoms with E-state index in [1.54, 1.807) is 4.57 Å². The molecule has 1 unspecified atom stereocenters. The number of hydrogen-bond acceptors (Lipinski definition) is 10. The molecule has 44 heavy (non-hydrogen) atoms. The number of nitrogens with two attached hydrogens (primary N) is 1. The minimum Gasteiger partial charge on any atom is -0.394 e. The lowest BCUT2D eigenvalue weighted by Gasteiger charge is -2.18. The van der Waals surface area contributed by atoms with Crippen LogP contribution in [0.2, 0.25) is 0 Å². The summed E-state index contributed by atoms with van der Waals surface area (Å²) in [6, 6.07) is 0. The van der Waals surface area contributed by atoms with Gasteiger partial charge in [0.1, 0.15) is 24.6 Å². The third-order valence-corrected chi connectivity index (χ3v) is 8.83. The van der Waals surface area contributed by atoms with Crippen LogP contribution in [0.5, 0.6) is 0 Å². The van der Waals surface area contributed by atoms with Crippen LogP contribution >= 0.6 is 0 Å². The molecule has 1 fully saturated rings. The summed E-state index contributed by atoms with van der Waals surface area (Å²) in [7, 11) is 0. The van der Waals surface area contributed by atoms with Gasteiger partial charge in [-0.05, 0) is 25.8 Å². The molecule has 6 N–H and O–H groups in total. The van der Waals surface area contributed by atoms with Crippen LogP contribution in [0.3, 0.4) is 0 Å². The summed E-state index contributed by atoms with van der Waals surface area (Å²) in [6.45, 7) is 2.65. The molecule has 0 bridgehead atoms. The Morgan fingerprint density at radius 1 is 0.818 bits per heavy atom. The first-order chi connectivity index (χ1) is 21.6. The summed E-state index contributed by atoms with van der Waals surface area (Å²) in [5.41, 5.74) is 9.52. The molecular weight excluding hydrogens is 560 g/mol. The molecule has 0 radical (unpaired) electrons. The lowest BCUT2D eigenvalue weighted by atomic mass is 10.0. The molecule has 0 spiro atoms. The van der Waals surface area contributed by atoms with E-state index in [9.17, 15) is 15.3 Å². The minimum absolute atomic E-state index is 0.0785. The molecule has 3 rings (SSSR count). The molecule has 11 heteroatoms. The Hall–Kier alpha value is -1.89. The van der Waals surface area contributed by atoms with Crippen LogP contribution in [0.4, 0.5) is 5.82 Å². The van der Waals surface area contributed by atoms with Crippen LogP contribution in [0.15, 0.2) is 12.7 Å². The maximum Gasteiger partial charge on any atom is 0.181 e. The van der Waals surface area contributed by atoms with Crippen molar-refractivity contribution in [3.05, 3.63) is 12.7 Å². The van der Waals surface area contributed by atoms with Gasteiger partial charge in [0.05, 0.1) is 19.0 Å². The van der Waals surface area contributed by atoms with E-state index in [1.165, 1.54) is 115 Å². The number of unbranched alkanes of at least 4 members (excludes halogenated alkanes) is 16.